The molecule has 2 rings (SSSR count). The molecule has 112 valence electrons. The van der Waals surface area contributed by atoms with Gasteiger partial charge < -0.3 is 5.32 Å². The van der Waals surface area contributed by atoms with Gasteiger partial charge in [-0.2, -0.15) is 23.5 Å². The number of halogens is 2. The van der Waals surface area contributed by atoms with Crippen LogP contribution in [0.5, 0.6) is 0 Å². The van der Waals surface area contributed by atoms with Gasteiger partial charge in [0, 0.05) is 34.1 Å². The van der Waals surface area contributed by atoms with E-state index in [0.717, 1.165) is 36.1 Å². The molecule has 0 aromatic heterocycles. The second kappa shape index (κ2) is 7.66. The Hall–Kier alpha value is -0.260. The third-order valence-corrected chi connectivity index (χ3v) is 6.84. The van der Waals surface area contributed by atoms with Gasteiger partial charge in [0.2, 0.25) is 0 Å². The van der Waals surface area contributed by atoms with Crippen molar-refractivity contribution in [1.82, 2.24) is 5.32 Å². The van der Waals surface area contributed by atoms with Crippen molar-refractivity contribution < 1.29 is 8.78 Å². The van der Waals surface area contributed by atoms with E-state index in [0.29, 0.717) is 10.5 Å². The third-order valence-electron chi connectivity index (χ3n) is 3.49. The number of benzene rings is 1. The van der Waals surface area contributed by atoms with E-state index in [1.165, 1.54) is 12.1 Å². The maximum atomic E-state index is 13.5. The van der Waals surface area contributed by atoms with Crippen LogP contribution in [0.4, 0.5) is 8.78 Å². The average molecular weight is 317 g/mol. The molecule has 0 amide bonds. The lowest BCUT2D eigenvalue weighted by molar-refractivity contribution is 0.501. The third kappa shape index (κ3) is 3.89. The summed E-state index contributed by atoms with van der Waals surface area (Å²) in [6.45, 7) is 5.01. The molecule has 3 atom stereocenters. The molecule has 0 bridgehead atoms. The van der Waals surface area contributed by atoms with E-state index >= 15 is 0 Å². The molecule has 0 spiro atoms. The van der Waals surface area contributed by atoms with Crippen molar-refractivity contribution in [3.63, 3.8) is 0 Å². The Morgan fingerprint density at radius 3 is 2.40 bits per heavy atom. The van der Waals surface area contributed by atoms with Crippen molar-refractivity contribution >= 4 is 23.5 Å². The Bertz CT molecular complexity index is 422. The lowest BCUT2D eigenvalue weighted by Crippen LogP contribution is -2.38. The van der Waals surface area contributed by atoms with Crippen molar-refractivity contribution in [3.05, 3.63) is 35.4 Å². The molecule has 1 N–H and O–H groups in total. The molecule has 0 radical (unpaired) electrons. The zero-order chi connectivity index (χ0) is 14.5. The highest BCUT2D eigenvalue weighted by molar-refractivity contribution is 8.07. The van der Waals surface area contributed by atoms with E-state index in [2.05, 4.69) is 12.2 Å². The van der Waals surface area contributed by atoms with Gasteiger partial charge in [-0.3, -0.25) is 0 Å². The van der Waals surface area contributed by atoms with Gasteiger partial charge in [-0.1, -0.05) is 13.8 Å². The highest BCUT2D eigenvalue weighted by Crippen LogP contribution is 2.40. The summed E-state index contributed by atoms with van der Waals surface area (Å²) < 4.78 is 27.0. The number of rotatable bonds is 5. The summed E-state index contributed by atoms with van der Waals surface area (Å²) in [5.74, 6) is 1.27. The molecular weight excluding hydrogens is 296 g/mol. The van der Waals surface area contributed by atoms with Crippen LogP contribution >= 0.6 is 23.5 Å². The first kappa shape index (κ1) is 16.1. The molecule has 0 aliphatic carbocycles. The fraction of sp³-hybridized carbons (Fsp3) is 0.600. The highest BCUT2D eigenvalue weighted by atomic mass is 32.2. The number of thioether (sulfide) groups is 2. The molecule has 1 nitrogen and oxygen atoms in total. The van der Waals surface area contributed by atoms with Gasteiger partial charge in [0.1, 0.15) is 11.6 Å². The first-order valence-corrected chi connectivity index (χ1v) is 9.18. The van der Waals surface area contributed by atoms with Crippen LogP contribution in [0.2, 0.25) is 0 Å². The Balaban J connectivity index is 2.28. The Kier molecular flexibility index (Phi) is 6.18. The topological polar surface area (TPSA) is 12.0 Å². The van der Waals surface area contributed by atoms with Gasteiger partial charge in [0.25, 0.3) is 0 Å². The molecule has 1 heterocycles. The van der Waals surface area contributed by atoms with Crippen molar-refractivity contribution in [2.75, 3.05) is 18.1 Å². The fourth-order valence-electron chi connectivity index (χ4n) is 2.65. The van der Waals surface area contributed by atoms with E-state index in [-0.39, 0.29) is 6.04 Å². The van der Waals surface area contributed by atoms with E-state index in [1.54, 1.807) is 0 Å². The summed E-state index contributed by atoms with van der Waals surface area (Å²) in [4.78, 5) is 0. The van der Waals surface area contributed by atoms with Crippen molar-refractivity contribution in [1.29, 1.82) is 0 Å². The maximum Gasteiger partial charge on any atom is 0.126 e. The van der Waals surface area contributed by atoms with Crippen LogP contribution in [-0.4, -0.2) is 28.6 Å². The molecule has 20 heavy (non-hydrogen) atoms. The largest absolute Gasteiger partial charge is 0.309 e. The Morgan fingerprint density at radius 1 is 1.15 bits per heavy atom. The van der Waals surface area contributed by atoms with Crippen LogP contribution in [-0.2, 0) is 0 Å². The highest BCUT2D eigenvalue weighted by Gasteiger charge is 2.32. The minimum atomic E-state index is -0.496. The van der Waals surface area contributed by atoms with E-state index in [1.807, 2.05) is 30.4 Å². The average Bonchev–Trinajstić information content (AvgIpc) is 2.43. The van der Waals surface area contributed by atoms with Gasteiger partial charge in [0.05, 0.1) is 0 Å². The lowest BCUT2D eigenvalue weighted by Gasteiger charge is -2.36. The summed E-state index contributed by atoms with van der Waals surface area (Å²) in [6.07, 6.45) is 1.09. The van der Waals surface area contributed by atoms with Crippen molar-refractivity contribution in [2.45, 2.75) is 36.8 Å². The Labute approximate surface area is 128 Å². The van der Waals surface area contributed by atoms with Crippen LogP contribution in [0.15, 0.2) is 18.2 Å². The molecule has 3 unspecified atom stereocenters. The van der Waals surface area contributed by atoms with E-state index in [4.69, 9.17) is 0 Å². The lowest BCUT2D eigenvalue weighted by atomic mass is 9.99. The molecule has 5 heteroatoms. The van der Waals surface area contributed by atoms with E-state index in [9.17, 15) is 8.78 Å². The minimum Gasteiger partial charge on any atom is -0.309 e. The summed E-state index contributed by atoms with van der Waals surface area (Å²) in [5, 5.41) is 4.31. The molecule has 1 aliphatic rings. The number of hydrogen-bond donors (Lipinski definition) is 1. The summed E-state index contributed by atoms with van der Waals surface area (Å²) >= 11 is 3.90. The van der Waals surface area contributed by atoms with Gasteiger partial charge in [-0.05, 0) is 30.7 Å². The monoisotopic (exact) mass is 317 g/mol. The predicted octanol–water partition coefficient (Wildman–Crippen LogP) is 4.24. The van der Waals surface area contributed by atoms with Crippen LogP contribution < -0.4 is 5.32 Å². The smallest absolute Gasteiger partial charge is 0.126 e. The number of hydrogen-bond acceptors (Lipinski definition) is 3. The quantitative estimate of drug-likeness (QED) is 0.872. The zero-order valence-corrected chi connectivity index (χ0v) is 13.5. The van der Waals surface area contributed by atoms with Crippen molar-refractivity contribution in [2.24, 2.45) is 0 Å². The van der Waals surface area contributed by atoms with Gasteiger partial charge in [0.15, 0.2) is 0 Å². The maximum absolute atomic E-state index is 13.5. The second-order valence-electron chi connectivity index (χ2n) is 4.89. The SMILES string of the molecule is CCNC(c1cc(F)cc(F)c1)C1SCCSC1CC. The molecule has 1 aliphatic heterocycles. The fourth-order valence-corrected chi connectivity index (χ4v) is 5.90. The molecular formula is C15H21F2NS2. The minimum absolute atomic E-state index is 0.00736. The van der Waals surface area contributed by atoms with Crippen LogP contribution in [0.1, 0.15) is 31.9 Å². The molecule has 1 saturated heterocycles. The standard InChI is InChI=1S/C15H21F2NS2/c1-3-13-15(20-6-5-19-13)14(18-4-2)10-7-11(16)9-12(17)8-10/h7-9,13-15,18H,3-6H2,1-2H3. The zero-order valence-electron chi connectivity index (χ0n) is 11.9. The molecule has 0 saturated carbocycles. The van der Waals surface area contributed by atoms with Crippen LogP contribution in [0.3, 0.4) is 0 Å². The second-order valence-corrected chi connectivity index (χ2v) is 7.52. The number of nitrogens with one attached hydrogen (secondary N) is 1. The van der Waals surface area contributed by atoms with Gasteiger partial charge in [-0.15, -0.1) is 0 Å². The Morgan fingerprint density at radius 2 is 1.80 bits per heavy atom. The molecule has 1 aromatic carbocycles. The normalized spacial score (nSPS) is 24.6. The van der Waals surface area contributed by atoms with Gasteiger partial charge >= 0.3 is 0 Å². The van der Waals surface area contributed by atoms with Gasteiger partial charge in [-0.25, -0.2) is 8.78 Å². The van der Waals surface area contributed by atoms with Crippen LogP contribution in [0, 0.1) is 11.6 Å². The van der Waals surface area contributed by atoms with Crippen molar-refractivity contribution in [3.8, 4) is 0 Å². The van der Waals surface area contributed by atoms with Crippen LogP contribution in [0.25, 0.3) is 0 Å². The predicted molar refractivity (Wildman–Crippen MR) is 85.6 cm³/mol. The summed E-state index contributed by atoms with van der Waals surface area (Å²) in [5.41, 5.74) is 0.725. The summed E-state index contributed by atoms with van der Waals surface area (Å²) in [6, 6.07) is 3.87. The molecule has 1 aromatic rings. The first-order valence-electron chi connectivity index (χ1n) is 7.08. The van der Waals surface area contributed by atoms with E-state index < -0.39 is 11.6 Å². The first-order chi connectivity index (χ1) is 9.65. The molecule has 1 fully saturated rings. The summed E-state index contributed by atoms with van der Waals surface area (Å²) in [7, 11) is 0.